The SMILES string of the molecule is CCc1ccc(N(C(=O)c2ccccc2Br)S(=O)(=O)c2ccccc2)cc1. The lowest BCUT2D eigenvalue weighted by Gasteiger charge is -2.23. The smallest absolute Gasteiger partial charge is 0.268 e. The molecule has 6 heteroatoms. The van der Waals surface area contributed by atoms with Gasteiger partial charge < -0.3 is 0 Å². The van der Waals surface area contributed by atoms with Crippen molar-refractivity contribution in [3.63, 3.8) is 0 Å². The largest absolute Gasteiger partial charge is 0.273 e. The Labute approximate surface area is 167 Å². The first-order chi connectivity index (χ1) is 12.9. The van der Waals surface area contributed by atoms with Crippen molar-refractivity contribution >= 4 is 37.5 Å². The van der Waals surface area contributed by atoms with Crippen molar-refractivity contribution in [2.45, 2.75) is 18.2 Å². The minimum Gasteiger partial charge on any atom is -0.268 e. The molecule has 3 rings (SSSR count). The topological polar surface area (TPSA) is 54.5 Å². The zero-order valence-corrected chi connectivity index (χ0v) is 17.1. The van der Waals surface area contributed by atoms with E-state index in [1.807, 2.05) is 19.1 Å². The molecule has 0 spiro atoms. The van der Waals surface area contributed by atoms with Gasteiger partial charge in [0.1, 0.15) is 0 Å². The molecular weight excluding hydrogens is 426 g/mol. The van der Waals surface area contributed by atoms with E-state index in [-0.39, 0.29) is 10.5 Å². The van der Waals surface area contributed by atoms with Crippen LogP contribution in [-0.4, -0.2) is 14.3 Å². The summed E-state index contributed by atoms with van der Waals surface area (Å²) in [5.74, 6) is -0.615. The second-order valence-corrected chi connectivity index (χ2v) is 8.53. The van der Waals surface area contributed by atoms with Gasteiger partial charge in [0.15, 0.2) is 0 Å². The monoisotopic (exact) mass is 443 g/mol. The van der Waals surface area contributed by atoms with Gasteiger partial charge in [0.2, 0.25) is 0 Å². The molecule has 0 fully saturated rings. The summed E-state index contributed by atoms with van der Waals surface area (Å²) in [7, 11) is -4.07. The van der Waals surface area contributed by atoms with Crippen LogP contribution in [0.4, 0.5) is 5.69 Å². The van der Waals surface area contributed by atoms with Gasteiger partial charge in [0.25, 0.3) is 15.9 Å². The summed E-state index contributed by atoms with van der Waals surface area (Å²) in [6, 6.07) is 21.7. The molecule has 27 heavy (non-hydrogen) atoms. The van der Waals surface area contributed by atoms with Gasteiger partial charge in [-0.15, -0.1) is 0 Å². The highest BCUT2D eigenvalue weighted by Crippen LogP contribution is 2.28. The molecule has 0 atom stereocenters. The number of sulfonamides is 1. The molecular formula is C21H18BrNO3S. The molecule has 0 aliphatic rings. The quantitative estimate of drug-likeness (QED) is 0.554. The molecule has 0 aliphatic heterocycles. The summed E-state index contributed by atoms with van der Waals surface area (Å²) in [5, 5.41) is 0. The number of carbonyl (C=O) groups is 1. The van der Waals surface area contributed by atoms with Gasteiger partial charge in [-0.1, -0.05) is 49.4 Å². The van der Waals surface area contributed by atoms with Crippen LogP contribution in [0.1, 0.15) is 22.8 Å². The van der Waals surface area contributed by atoms with E-state index in [1.54, 1.807) is 54.6 Å². The summed E-state index contributed by atoms with van der Waals surface area (Å²) in [5.41, 5.74) is 1.64. The van der Waals surface area contributed by atoms with Crippen LogP contribution in [0.25, 0.3) is 0 Å². The zero-order valence-electron chi connectivity index (χ0n) is 14.7. The third-order valence-electron chi connectivity index (χ3n) is 4.15. The average molecular weight is 444 g/mol. The summed E-state index contributed by atoms with van der Waals surface area (Å²) in [6.07, 6.45) is 0.823. The molecule has 0 saturated carbocycles. The van der Waals surface area contributed by atoms with Gasteiger partial charge >= 0.3 is 0 Å². The zero-order chi connectivity index (χ0) is 19.4. The first-order valence-corrected chi connectivity index (χ1v) is 10.7. The lowest BCUT2D eigenvalue weighted by Crippen LogP contribution is -2.37. The minimum atomic E-state index is -4.07. The van der Waals surface area contributed by atoms with E-state index < -0.39 is 15.9 Å². The molecule has 0 aromatic heterocycles. The number of amides is 1. The van der Waals surface area contributed by atoms with Gasteiger partial charge in [0.05, 0.1) is 16.1 Å². The highest BCUT2D eigenvalue weighted by atomic mass is 79.9. The summed E-state index contributed by atoms with van der Waals surface area (Å²) in [6.45, 7) is 2.01. The van der Waals surface area contributed by atoms with Crippen molar-refractivity contribution in [2.75, 3.05) is 4.31 Å². The summed E-state index contributed by atoms with van der Waals surface area (Å²) < 4.78 is 28.0. The molecule has 0 radical (unpaired) electrons. The number of hydrogen-bond donors (Lipinski definition) is 0. The van der Waals surface area contributed by atoms with E-state index in [4.69, 9.17) is 0 Å². The van der Waals surface area contributed by atoms with Crippen LogP contribution >= 0.6 is 15.9 Å². The molecule has 0 heterocycles. The van der Waals surface area contributed by atoms with Crippen molar-refractivity contribution in [1.82, 2.24) is 0 Å². The molecule has 0 unspecified atom stereocenters. The molecule has 138 valence electrons. The number of rotatable bonds is 5. The third kappa shape index (κ3) is 3.96. The molecule has 0 N–H and O–H groups in total. The van der Waals surface area contributed by atoms with Crippen molar-refractivity contribution in [1.29, 1.82) is 0 Å². The first kappa shape index (κ1) is 19.3. The molecule has 3 aromatic rings. The number of nitrogens with zero attached hydrogens (tertiary/aromatic N) is 1. The molecule has 3 aromatic carbocycles. The van der Waals surface area contributed by atoms with Crippen molar-refractivity contribution < 1.29 is 13.2 Å². The number of hydrogen-bond acceptors (Lipinski definition) is 3. The Balaban J connectivity index is 2.17. The fraction of sp³-hybridized carbons (Fsp3) is 0.0952. The second-order valence-electron chi connectivity index (χ2n) is 5.89. The lowest BCUT2D eigenvalue weighted by atomic mass is 10.1. The van der Waals surface area contributed by atoms with E-state index in [0.717, 1.165) is 16.3 Å². The van der Waals surface area contributed by atoms with E-state index in [0.29, 0.717) is 10.2 Å². The van der Waals surface area contributed by atoms with Crippen LogP contribution in [0.3, 0.4) is 0 Å². The Hall–Kier alpha value is -2.44. The Kier molecular flexibility index (Phi) is 5.77. The maximum Gasteiger partial charge on any atom is 0.273 e. The van der Waals surface area contributed by atoms with Crippen LogP contribution < -0.4 is 4.31 Å². The van der Waals surface area contributed by atoms with Gasteiger partial charge in [0, 0.05) is 4.47 Å². The van der Waals surface area contributed by atoms with Gasteiger partial charge in [-0.2, -0.15) is 4.31 Å². The number of anilines is 1. The number of halogens is 1. The van der Waals surface area contributed by atoms with E-state index in [2.05, 4.69) is 15.9 Å². The fourth-order valence-corrected chi connectivity index (χ4v) is 4.56. The van der Waals surface area contributed by atoms with Crippen LogP contribution in [0, 0.1) is 0 Å². The fourth-order valence-electron chi connectivity index (χ4n) is 2.67. The summed E-state index contributed by atoms with van der Waals surface area (Å²) >= 11 is 3.34. The Morgan fingerprint density at radius 1 is 0.889 bits per heavy atom. The van der Waals surface area contributed by atoms with Gasteiger partial charge in [-0.05, 0) is 64.3 Å². The predicted molar refractivity (Wildman–Crippen MR) is 110 cm³/mol. The number of aryl methyl sites for hydroxylation is 1. The van der Waals surface area contributed by atoms with Crippen molar-refractivity contribution in [3.8, 4) is 0 Å². The maximum absolute atomic E-state index is 13.3. The number of carbonyl (C=O) groups excluding carboxylic acids is 1. The maximum atomic E-state index is 13.3. The molecule has 0 saturated heterocycles. The van der Waals surface area contributed by atoms with Gasteiger partial charge in [-0.3, -0.25) is 4.79 Å². The highest BCUT2D eigenvalue weighted by molar-refractivity contribution is 9.10. The van der Waals surface area contributed by atoms with Crippen molar-refractivity contribution in [2.24, 2.45) is 0 Å². The van der Waals surface area contributed by atoms with Crippen molar-refractivity contribution in [3.05, 3.63) is 94.5 Å². The molecule has 1 amide bonds. The van der Waals surface area contributed by atoms with E-state index in [1.165, 1.54) is 12.1 Å². The molecule has 0 aliphatic carbocycles. The Morgan fingerprint density at radius 2 is 1.48 bits per heavy atom. The normalized spacial score (nSPS) is 11.2. The van der Waals surface area contributed by atoms with Crippen LogP contribution in [0.5, 0.6) is 0 Å². The van der Waals surface area contributed by atoms with Crippen LogP contribution in [-0.2, 0) is 16.4 Å². The van der Waals surface area contributed by atoms with Crippen LogP contribution in [0.2, 0.25) is 0 Å². The Morgan fingerprint density at radius 3 is 2.07 bits per heavy atom. The molecule has 0 bridgehead atoms. The van der Waals surface area contributed by atoms with E-state index in [9.17, 15) is 13.2 Å². The summed E-state index contributed by atoms with van der Waals surface area (Å²) in [4.78, 5) is 13.3. The van der Waals surface area contributed by atoms with Crippen LogP contribution in [0.15, 0.2) is 88.2 Å². The average Bonchev–Trinajstić information content (AvgIpc) is 2.69. The molecule has 4 nitrogen and oxygen atoms in total. The minimum absolute atomic E-state index is 0.0602. The Bertz CT molecular complexity index is 1050. The standard InChI is InChI=1S/C21H18BrNO3S/c1-2-16-12-14-17(15-13-16)23(21(24)19-10-6-7-11-20(19)22)27(25,26)18-8-4-3-5-9-18/h3-15H,2H2,1H3. The third-order valence-corrected chi connectivity index (χ3v) is 6.57. The lowest BCUT2D eigenvalue weighted by molar-refractivity contribution is 0.100. The predicted octanol–water partition coefficient (Wildman–Crippen LogP) is 5.05. The highest BCUT2D eigenvalue weighted by Gasteiger charge is 2.32. The number of benzene rings is 3. The second kappa shape index (κ2) is 8.06. The van der Waals surface area contributed by atoms with Gasteiger partial charge in [-0.25, -0.2) is 8.42 Å². The first-order valence-electron chi connectivity index (χ1n) is 8.43. The van der Waals surface area contributed by atoms with E-state index >= 15 is 0 Å².